The lowest BCUT2D eigenvalue weighted by atomic mass is 10.0. The predicted molar refractivity (Wildman–Crippen MR) is 91.6 cm³/mol. The van der Waals surface area contributed by atoms with Crippen LogP contribution in [0.15, 0.2) is 30.3 Å². The molecule has 3 rings (SSSR count). The fourth-order valence-electron chi connectivity index (χ4n) is 3.84. The lowest BCUT2D eigenvalue weighted by Gasteiger charge is -2.24. The van der Waals surface area contributed by atoms with E-state index in [-0.39, 0.29) is 17.9 Å². The summed E-state index contributed by atoms with van der Waals surface area (Å²) in [5, 5.41) is 2.68. The molecule has 130 valence electrons. The van der Waals surface area contributed by atoms with Crippen LogP contribution in [0, 0.1) is 5.92 Å². The summed E-state index contributed by atoms with van der Waals surface area (Å²) >= 11 is 0. The van der Waals surface area contributed by atoms with Gasteiger partial charge in [0.15, 0.2) is 0 Å². The van der Waals surface area contributed by atoms with E-state index in [0.717, 1.165) is 18.6 Å². The average molecular weight is 330 g/mol. The quantitative estimate of drug-likeness (QED) is 0.902. The number of benzene rings is 1. The molecule has 2 atom stereocenters. The largest absolute Gasteiger partial charge is 0.488 e. The minimum absolute atomic E-state index is 0.0923. The molecule has 0 bridgehead atoms. The predicted octanol–water partition coefficient (Wildman–Crippen LogP) is 2.36. The smallest absolute Gasteiger partial charge is 0.242 e. The van der Waals surface area contributed by atoms with E-state index in [2.05, 4.69) is 5.32 Å². The maximum absolute atomic E-state index is 12.7. The Bertz CT molecular complexity index is 569. The Morgan fingerprint density at radius 2 is 1.92 bits per heavy atom. The molecule has 2 aliphatic rings. The van der Waals surface area contributed by atoms with Crippen LogP contribution in [0.5, 0.6) is 5.75 Å². The van der Waals surface area contributed by atoms with Gasteiger partial charge < -0.3 is 15.0 Å². The first-order valence-electron chi connectivity index (χ1n) is 8.90. The molecule has 5 heteroatoms. The number of likely N-dealkylation sites (N-methyl/N-ethyl adjacent to an activating group) is 1. The molecule has 0 aromatic heterocycles. The number of ether oxygens (including phenoxy) is 1. The summed E-state index contributed by atoms with van der Waals surface area (Å²) < 4.78 is 5.98. The zero-order chi connectivity index (χ0) is 16.9. The van der Waals surface area contributed by atoms with Crippen LogP contribution >= 0.6 is 0 Å². The normalized spacial score (nSPS) is 24.1. The second kappa shape index (κ2) is 7.69. The van der Waals surface area contributed by atoms with E-state index in [1.165, 1.54) is 12.8 Å². The summed E-state index contributed by atoms with van der Waals surface area (Å²) in [5.74, 6) is 1.25. The number of hydrogen-bond acceptors (Lipinski definition) is 3. The van der Waals surface area contributed by atoms with Crippen molar-refractivity contribution in [2.75, 3.05) is 13.6 Å². The Kier molecular flexibility index (Phi) is 5.38. The molecular weight excluding hydrogens is 304 g/mol. The monoisotopic (exact) mass is 330 g/mol. The average Bonchev–Trinajstić information content (AvgIpc) is 3.25. The Morgan fingerprint density at radius 3 is 2.58 bits per heavy atom. The molecular formula is C19H26N2O3. The van der Waals surface area contributed by atoms with Gasteiger partial charge in [-0.3, -0.25) is 9.59 Å². The van der Waals surface area contributed by atoms with Crippen LogP contribution in [-0.2, 0) is 9.59 Å². The van der Waals surface area contributed by atoms with E-state index >= 15 is 0 Å². The number of rotatable bonds is 5. The maximum Gasteiger partial charge on any atom is 0.242 e. The van der Waals surface area contributed by atoms with Crippen LogP contribution in [-0.4, -0.2) is 42.5 Å². The SMILES string of the molecule is CNC(=O)[C@@H]1C[C@H](Oc2ccccc2)CN1C(=O)CC1CCCC1. The highest BCUT2D eigenvalue weighted by molar-refractivity contribution is 5.88. The minimum Gasteiger partial charge on any atom is -0.488 e. The number of nitrogens with zero attached hydrogens (tertiary/aromatic N) is 1. The molecule has 1 N–H and O–H groups in total. The highest BCUT2D eigenvalue weighted by Crippen LogP contribution is 2.30. The molecule has 0 radical (unpaired) electrons. The van der Waals surface area contributed by atoms with Gasteiger partial charge in [-0.15, -0.1) is 0 Å². The molecule has 1 aromatic rings. The van der Waals surface area contributed by atoms with Crippen molar-refractivity contribution in [3.05, 3.63) is 30.3 Å². The van der Waals surface area contributed by atoms with Crippen LogP contribution in [0.3, 0.4) is 0 Å². The summed E-state index contributed by atoms with van der Waals surface area (Å²) in [7, 11) is 1.62. The topological polar surface area (TPSA) is 58.6 Å². The first-order valence-corrected chi connectivity index (χ1v) is 8.90. The number of carbonyl (C=O) groups is 2. The molecule has 1 aliphatic carbocycles. The summed E-state index contributed by atoms with van der Waals surface area (Å²) in [5.41, 5.74) is 0. The molecule has 1 saturated heterocycles. The fourth-order valence-corrected chi connectivity index (χ4v) is 3.84. The summed E-state index contributed by atoms with van der Waals surface area (Å²) in [6, 6.07) is 9.16. The molecule has 2 fully saturated rings. The number of hydrogen-bond donors (Lipinski definition) is 1. The molecule has 1 aliphatic heterocycles. The number of likely N-dealkylation sites (tertiary alicyclic amines) is 1. The Hall–Kier alpha value is -2.04. The van der Waals surface area contributed by atoms with Crippen molar-refractivity contribution in [1.29, 1.82) is 0 Å². The first kappa shape index (κ1) is 16.8. The first-order chi connectivity index (χ1) is 11.7. The van der Waals surface area contributed by atoms with E-state index in [4.69, 9.17) is 4.74 Å². The minimum atomic E-state index is -0.419. The third-order valence-corrected chi connectivity index (χ3v) is 5.12. The Balaban J connectivity index is 1.65. The van der Waals surface area contributed by atoms with Crippen molar-refractivity contribution < 1.29 is 14.3 Å². The molecule has 1 aromatic carbocycles. The molecule has 24 heavy (non-hydrogen) atoms. The van der Waals surface area contributed by atoms with Gasteiger partial charge in [0.1, 0.15) is 17.9 Å². The third kappa shape index (κ3) is 3.89. The van der Waals surface area contributed by atoms with Crippen molar-refractivity contribution in [2.45, 2.75) is 50.7 Å². The van der Waals surface area contributed by atoms with E-state index < -0.39 is 6.04 Å². The summed E-state index contributed by atoms with van der Waals surface area (Å²) in [4.78, 5) is 26.7. The highest BCUT2D eigenvalue weighted by atomic mass is 16.5. The van der Waals surface area contributed by atoms with Crippen molar-refractivity contribution in [1.82, 2.24) is 10.2 Å². The molecule has 1 heterocycles. The number of amides is 2. The Morgan fingerprint density at radius 1 is 1.21 bits per heavy atom. The molecule has 0 spiro atoms. The van der Waals surface area contributed by atoms with E-state index in [9.17, 15) is 9.59 Å². The number of para-hydroxylation sites is 1. The van der Waals surface area contributed by atoms with Crippen LogP contribution in [0.25, 0.3) is 0 Å². The summed E-state index contributed by atoms with van der Waals surface area (Å²) in [6.45, 7) is 0.485. The van der Waals surface area contributed by atoms with E-state index in [1.54, 1.807) is 11.9 Å². The lowest BCUT2D eigenvalue weighted by molar-refractivity contribution is -0.139. The van der Waals surface area contributed by atoms with Crippen LogP contribution in [0.2, 0.25) is 0 Å². The second-order valence-corrected chi connectivity index (χ2v) is 6.82. The van der Waals surface area contributed by atoms with Crippen LogP contribution in [0.4, 0.5) is 0 Å². The molecule has 0 unspecified atom stereocenters. The van der Waals surface area contributed by atoms with Crippen LogP contribution < -0.4 is 10.1 Å². The van der Waals surface area contributed by atoms with Crippen molar-refractivity contribution >= 4 is 11.8 Å². The van der Waals surface area contributed by atoms with Gasteiger partial charge in [-0.05, 0) is 30.9 Å². The third-order valence-electron chi connectivity index (χ3n) is 5.12. The van der Waals surface area contributed by atoms with Gasteiger partial charge in [-0.25, -0.2) is 0 Å². The zero-order valence-electron chi connectivity index (χ0n) is 14.2. The van der Waals surface area contributed by atoms with E-state index in [0.29, 0.717) is 25.3 Å². The standard InChI is InChI=1S/C19H26N2O3/c1-20-19(23)17-12-16(24-15-9-3-2-4-10-15)13-21(17)18(22)11-14-7-5-6-8-14/h2-4,9-10,14,16-17H,5-8,11-13H2,1H3,(H,20,23)/t16-,17-/m0/s1. The zero-order valence-corrected chi connectivity index (χ0v) is 14.2. The molecule has 2 amide bonds. The number of nitrogens with one attached hydrogen (secondary N) is 1. The van der Waals surface area contributed by atoms with Crippen LogP contribution in [0.1, 0.15) is 38.5 Å². The Labute approximate surface area is 143 Å². The van der Waals surface area contributed by atoms with Gasteiger partial charge in [0, 0.05) is 19.9 Å². The lowest BCUT2D eigenvalue weighted by Crippen LogP contribution is -2.45. The van der Waals surface area contributed by atoms with Gasteiger partial charge in [0.05, 0.1) is 6.54 Å². The van der Waals surface area contributed by atoms with Gasteiger partial charge >= 0.3 is 0 Å². The van der Waals surface area contributed by atoms with E-state index in [1.807, 2.05) is 30.3 Å². The molecule has 5 nitrogen and oxygen atoms in total. The summed E-state index contributed by atoms with van der Waals surface area (Å²) in [6.07, 6.45) is 5.67. The van der Waals surface area contributed by atoms with Crippen molar-refractivity contribution in [2.24, 2.45) is 5.92 Å². The van der Waals surface area contributed by atoms with Crippen molar-refractivity contribution in [3.8, 4) is 5.75 Å². The second-order valence-electron chi connectivity index (χ2n) is 6.82. The fraction of sp³-hybridized carbons (Fsp3) is 0.579. The van der Waals surface area contributed by atoms with Gasteiger partial charge in [-0.1, -0.05) is 31.0 Å². The van der Waals surface area contributed by atoms with Gasteiger partial charge in [-0.2, -0.15) is 0 Å². The maximum atomic E-state index is 12.7. The van der Waals surface area contributed by atoms with Gasteiger partial charge in [0.2, 0.25) is 11.8 Å². The molecule has 1 saturated carbocycles. The highest BCUT2D eigenvalue weighted by Gasteiger charge is 2.40. The van der Waals surface area contributed by atoms with Gasteiger partial charge in [0.25, 0.3) is 0 Å². The number of carbonyl (C=O) groups excluding carboxylic acids is 2. The van der Waals surface area contributed by atoms with Crippen molar-refractivity contribution in [3.63, 3.8) is 0 Å².